The van der Waals surface area contributed by atoms with Crippen LogP contribution in [-0.4, -0.2) is 43.9 Å². The van der Waals surface area contributed by atoms with Gasteiger partial charge >= 0.3 is 0 Å². The van der Waals surface area contributed by atoms with E-state index in [9.17, 15) is 13.2 Å². The molecule has 28 heavy (non-hydrogen) atoms. The summed E-state index contributed by atoms with van der Waals surface area (Å²) in [5, 5.41) is 8.77. The number of rotatable bonds is 9. The van der Waals surface area contributed by atoms with E-state index < -0.39 is 10.0 Å². The lowest BCUT2D eigenvalue weighted by atomic mass is 10.2. The van der Waals surface area contributed by atoms with Crippen molar-refractivity contribution < 1.29 is 13.2 Å². The normalized spacial score (nSPS) is 11.1. The molecular weight excluding hydrogens is 380 g/mol. The first-order valence-electron chi connectivity index (χ1n) is 8.92. The van der Waals surface area contributed by atoms with Crippen LogP contribution < -0.4 is 20.7 Å². The predicted octanol–water partition coefficient (Wildman–Crippen LogP) is 1.87. The summed E-state index contributed by atoms with van der Waals surface area (Å²) in [6.45, 7) is 8.17. The average Bonchev–Trinajstić information content (AvgIpc) is 2.58. The summed E-state index contributed by atoms with van der Waals surface area (Å²) in [6.07, 6.45) is 0. The minimum Gasteiger partial charge on any atom is -0.370 e. The van der Waals surface area contributed by atoms with Gasteiger partial charge in [0.25, 0.3) is 0 Å². The van der Waals surface area contributed by atoms with E-state index in [4.69, 9.17) is 0 Å². The highest BCUT2D eigenvalue weighted by Crippen LogP contribution is 2.19. The fourth-order valence-electron chi connectivity index (χ4n) is 2.59. The molecule has 0 aliphatic heterocycles. The molecule has 1 amide bonds. The maximum Gasteiger partial charge on any atom is 0.240 e. The highest BCUT2D eigenvalue weighted by Gasteiger charge is 2.16. The molecular formula is C18H26N6O3S. The number of sulfonamides is 1. The van der Waals surface area contributed by atoms with Gasteiger partial charge in [-0.2, -0.15) is 4.98 Å². The summed E-state index contributed by atoms with van der Waals surface area (Å²) < 4.78 is 27.6. The highest BCUT2D eigenvalue weighted by atomic mass is 32.2. The quantitative estimate of drug-likeness (QED) is 0.469. The van der Waals surface area contributed by atoms with Gasteiger partial charge in [0, 0.05) is 44.0 Å². The molecule has 0 aliphatic carbocycles. The second-order valence-corrected chi connectivity index (χ2v) is 7.97. The maximum atomic E-state index is 12.5. The van der Waals surface area contributed by atoms with Gasteiger partial charge in [0.2, 0.25) is 21.9 Å². The van der Waals surface area contributed by atoms with E-state index in [0.29, 0.717) is 29.6 Å². The fraction of sp³-hybridized carbons (Fsp3) is 0.389. The largest absolute Gasteiger partial charge is 0.370 e. The number of nitrogens with zero attached hydrogens (tertiary/aromatic N) is 2. The summed E-state index contributed by atoms with van der Waals surface area (Å²) in [5.41, 5.74) is 1.91. The first kappa shape index (κ1) is 21.6. The number of carbonyl (C=O) groups is 1. The molecule has 2 aromatic rings. The Morgan fingerprint density at radius 3 is 2.46 bits per heavy atom. The summed E-state index contributed by atoms with van der Waals surface area (Å²) in [7, 11) is -3.67. The molecule has 9 nitrogen and oxygen atoms in total. The van der Waals surface area contributed by atoms with Crippen LogP contribution in [0.5, 0.6) is 0 Å². The lowest BCUT2D eigenvalue weighted by Gasteiger charge is -2.12. The van der Waals surface area contributed by atoms with Gasteiger partial charge < -0.3 is 16.0 Å². The maximum absolute atomic E-state index is 12.5. The van der Waals surface area contributed by atoms with Crippen molar-refractivity contribution in [2.45, 2.75) is 32.6 Å². The van der Waals surface area contributed by atoms with Crippen LogP contribution in [0, 0.1) is 13.8 Å². The van der Waals surface area contributed by atoms with Crippen LogP contribution in [0.15, 0.2) is 29.2 Å². The molecule has 0 atom stereocenters. The molecule has 2 rings (SSSR count). The minimum atomic E-state index is -3.67. The molecule has 0 saturated heterocycles. The van der Waals surface area contributed by atoms with Crippen LogP contribution in [0.2, 0.25) is 0 Å². The molecule has 4 N–H and O–H groups in total. The lowest BCUT2D eigenvalue weighted by Crippen LogP contribution is -2.29. The first-order valence-corrected chi connectivity index (χ1v) is 10.4. The van der Waals surface area contributed by atoms with Crippen molar-refractivity contribution in [1.82, 2.24) is 14.7 Å². The van der Waals surface area contributed by atoms with Gasteiger partial charge in [0.15, 0.2) is 0 Å². The summed E-state index contributed by atoms with van der Waals surface area (Å²) >= 11 is 0. The Bertz CT molecular complexity index is 946. The Hall–Kier alpha value is -2.72. The number of anilines is 3. The third-order valence-electron chi connectivity index (χ3n) is 3.70. The van der Waals surface area contributed by atoms with E-state index in [1.54, 1.807) is 19.1 Å². The van der Waals surface area contributed by atoms with Crippen LogP contribution in [-0.2, 0) is 14.8 Å². The van der Waals surface area contributed by atoms with Crippen molar-refractivity contribution in [2.24, 2.45) is 0 Å². The van der Waals surface area contributed by atoms with Crippen molar-refractivity contribution in [3.8, 4) is 0 Å². The number of aryl methyl sites for hydroxylation is 2. The zero-order chi connectivity index (χ0) is 20.7. The molecule has 1 aromatic heterocycles. The first-order chi connectivity index (χ1) is 13.2. The zero-order valence-corrected chi connectivity index (χ0v) is 17.3. The van der Waals surface area contributed by atoms with Crippen LogP contribution in [0.3, 0.4) is 0 Å². The van der Waals surface area contributed by atoms with Crippen molar-refractivity contribution in [2.75, 3.05) is 35.6 Å². The Balaban J connectivity index is 1.96. The van der Waals surface area contributed by atoms with Gasteiger partial charge in [0.1, 0.15) is 5.82 Å². The SMILES string of the molecule is CCNc1cc(C)nc(NCCNS(=O)(=O)c2ccc(NC(C)=O)cc2C)n1. The second-order valence-electron chi connectivity index (χ2n) is 6.23. The summed E-state index contributed by atoms with van der Waals surface area (Å²) in [4.78, 5) is 19.9. The molecule has 0 unspecified atom stereocenters. The van der Waals surface area contributed by atoms with Crippen molar-refractivity contribution in [3.05, 3.63) is 35.5 Å². The van der Waals surface area contributed by atoms with Gasteiger partial charge in [-0.15, -0.1) is 0 Å². The molecule has 0 spiro atoms. The minimum absolute atomic E-state index is 0.169. The Morgan fingerprint density at radius 1 is 1.07 bits per heavy atom. The lowest BCUT2D eigenvalue weighted by molar-refractivity contribution is -0.114. The van der Waals surface area contributed by atoms with Crippen molar-refractivity contribution in [3.63, 3.8) is 0 Å². The molecule has 0 radical (unpaired) electrons. The highest BCUT2D eigenvalue weighted by molar-refractivity contribution is 7.89. The van der Waals surface area contributed by atoms with Crippen LogP contribution in [0.4, 0.5) is 17.5 Å². The number of nitrogens with one attached hydrogen (secondary N) is 4. The van der Waals surface area contributed by atoms with E-state index in [-0.39, 0.29) is 17.3 Å². The molecule has 0 fully saturated rings. The van der Waals surface area contributed by atoms with Gasteiger partial charge in [-0.05, 0) is 44.5 Å². The summed E-state index contributed by atoms with van der Waals surface area (Å²) in [6, 6.07) is 6.49. The molecule has 10 heteroatoms. The number of benzene rings is 1. The van der Waals surface area contributed by atoms with Crippen molar-refractivity contribution in [1.29, 1.82) is 0 Å². The third-order valence-corrected chi connectivity index (χ3v) is 5.32. The standard InChI is InChI=1S/C18H26N6O3S/c1-5-19-17-11-13(3)22-18(24-17)20-8-9-21-28(26,27)16-7-6-15(10-12(16)2)23-14(4)25/h6-7,10-11,21H,5,8-9H2,1-4H3,(H,23,25)(H2,19,20,22,24). The van der Waals surface area contributed by atoms with E-state index >= 15 is 0 Å². The van der Waals surface area contributed by atoms with Crippen molar-refractivity contribution >= 4 is 33.4 Å². The Labute approximate surface area is 165 Å². The zero-order valence-electron chi connectivity index (χ0n) is 16.5. The molecule has 0 bridgehead atoms. The molecule has 152 valence electrons. The van der Waals surface area contributed by atoms with Gasteiger partial charge in [-0.3, -0.25) is 4.79 Å². The summed E-state index contributed by atoms with van der Waals surface area (Å²) in [5.74, 6) is 0.939. The molecule has 1 heterocycles. The Morgan fingerprint density at radius 2 is 1.82 bits per heavy atom. The van der Waals surface area contributed by atoms with Crippen LogP contribution >= 0.6 is 0 Å². The van der Waals surface area contributed by atoms with Gasteiger partial charge in [-0.1, -0.05) is 0 Å². The number of aromatic nitrogens is 2. The van der Waals surface area contributed by atoms with Gasteiger partial charge in [-0.25, -0.2) is 18.1 Å². The monoisotopic (exact) mass is 406 g/mol. The van der Waals surface area contributed by atoms with E-state index in [0.717, 1.165) is 12.2 Å². The van der Waals surface area contributed by atoms with Crippen LogP contribution in [0.1, 0.15) is 25.1 Å². The molecule has 0 aliphatic rings. The number of amides is 1. The smallest absolute Gasteiger partial charge is 0.240 e. The second kappa shape index (κ2) is 9.47. The molecule has 0 saturated carbocycles. The predicted molar refractivity (Wildman–Crippen MR) is 110 cm³/mol. The number of hydrogen-bond donors (Lipinski definition) is 4. The van der Waals surface area contributed by atoms with Crippen LogP contribution in [0.25, 0.3) is 0 Å². The van der Waals surface area contributed by atoms with Gasteiger partial charge in [0.05, 0.1) is 4.90 Å². The number of hydrogen-bond acceptors (Lipinski definition) is 7. The fourth-order valence-corrected chi connectivity index (χ4v) is 3.84. The van der Waals surface area contributed by atoms with E-state index in [1.165, 1.54) is 13.0 Å². The van der Waals surface area contributed by atoms with E-state index in [2.05, 4.69) is 30.6 Å². The topological polar surface area (TPSA) is 125 Å². The number of carbonyl (C=O) groups excluding carboxylic acids is 1. The van der Waals surface area contributed by atoms with E-state index in [1.807, 2.05) is 19.9 Å². The average molecular weight is 407 g/mol. The molecule has 1 aromatic carbocycles. The Kier molecular flexibility index (Phi) is 7.30. The third kappa shape index (κ3) is 6.17.